The zero-order valence-electron chi connectivity index (χ0n) is 20.2. The number of aliphatic hydroxyl groups is 1. The van der Waals surface area contributed by atoms with E-state index in [9.17, 15) is 14.0 Å². The Kier molecular flexibility index (Phi) is 7.55. The Hall–Kier alpha value is -2.48. The topological polar surface area (TPSA) is 74.3 Å². The van der Waals surface area contributed by atoms with Crippen LogP contribution in [-0.2, 0) is 22.4 Å². The number of anilines is 1. The van der Waals surface area contributed by atoms with Crippen LogP contribution in [0, 0.1) is 5.92 Å². The molecule has 0 spiro atoms. The number of ether oxygens (including phenoxy) is 1. The molecule has 1 aliphatic heterocycles. The molecule has 1 aromatic heterocycles. The predicted octanol–water partition coefficient (Wildman–Crippen LogP) is 5.61. The van der Waals surface area contributed by atoms with Gasteiger partial charge in [-0.3, -0.25) is 4.79 Å². The van der Waals surface area contributed by atoms with E-state index < -0.39 is 8.41 Å². The van der Waals surface area contributed by atoms with E-state index in [-0.39, 0.29) is 36.2 Å². The first-order valence-electron chi connectivity index (χ1n) is 12.1. The predicted molar refractivity (Wildman–Crippen MR) is 137 cm³/mol. The van der Waals surface area contributed by atoms with Crippen LogP contribution in [0.1, 0.15) is 30.9 Å². The Labute approximate surface area is 201 Å². The number of carbonyl (C=O) groups is 1. The van der Waals surface area contributed by atoms with Crippen molar-refractivity contribution in [3.05, 3.63) is 65.9 Å². The summed E-state index contributed by atoms with van der Waals surface area (Å²) in [7, 11) is -2.90. The van der Waals surface area contributed by atoms with Crippen molar-refractivity contribution in [1.82, 2.24) is 4.98 Å². The summed E-state index contributed by atoms with van der Waals surface area (Å²) in [6.07, 6.45) is 4.03. The molecule has 0 aliphatic carbocycles. The summed E-state index contributed by atoms with van der Waals surface area (Å²) in [6.45, 7) is 5.59. The molecular formula is C27H35FN2O3Si. The summed E-state index contributed by atoms with van der Waals surface area (Å²) in [5.74, 6) is 0.0711. The molecule has 3 aromatic rings. The molecule has 1 aliphatic rings. The maximum atomic E-state index is 15.0. The minimum Gasteiger partial charge on any atom is -0.396 e. The van der Waals surface area contributed by atoms with Gasteiger partial charge in [0.2, 0.25) is 14.3 Å². The number of fused-ring (bicyclic) bond motifs is 1. The maximum Gasteiger partial charge on any atom is 0.246 e. The summed E-state index contributed by atoms with van der Waals surface area (Å²) in [5.41, 5.74) is 3.79. The second kappa shape index (κ2) is 10.4. The number of hydrogen-bond acceptors (Lipinski definition) is 3. The van der Waals surface area contributed by atoms with E-state index in [1.54, 1.807) is 13.1 Å². The molecule has 4 atom stereocenters. The van der Waals surface area contributed by atoms with Gasteiger partial charge in [0.25, 0.3) is 0 Å². The Morgan fingerprint density at radius 2 is 1.94 bits per heavy atom. The van der Waals surface area contributed by atoms with Crippen LogP contribution >= 0.6 is 0 Å². The van der Waals surface area contributed by atoms with Crippen molar-refractivity contribution in [3.63, 3.8) is 0 Å². The fourth-order valence-electron chi connectivity index (χ4n) is 5.55. The fourth-order valence-corrected chi connectivity index (χ4v) is 8.14. The van der Waals surface area contributed by atoms with E-state index in [4.69, 9.17) is 4.74 Å². The molecule has 2 aromatic carbocycles. The minimum atomic E-state index is -2.90. The van der Waals surface area contributed by atoms with Crippen molar-refractivity contribution in [2.75, 3.05) is 11.9 Å². The molecule has 0 radical (unpaired) electrons. The molecule has 0 bridgehead atoms. The van der Waals surface area contributed by atoms with E-state index in [0.29, 0.717) is 12.8 Å². The normalized spacial score (nSPS) is 22.9. The largest absolute Gasteiger partial charge is 0.396 e. The number of H-pyrrole nitrogens is 1. The lowest BCUT2D eigenvalue weighted by Gasteiger charge is -2.28. The number of hydrogen-bond donors (Lipinski definition) is 3. The number of para-hydroxylation sites is 1. The number of rotatable bonds is 9. The van der Waals surface area contributed by atoms with Crippen LogP contribution in [0.2, 0.25) is 18.6 Å². The zero-order chi connectivity index (χ0) is 24.3. The van der Waals surface area contributed by atoms with Crippen LogP contribution in [0.4, 0.5) is 9.80 Å². The number of halogens is 1. The lowest BCUT2D eigenvalue weighted by atomic mass is 9.95. The molecule has 0 saturated carbocycles. The van der Waals surface area contributed by atoms with Gasteiger partial charge in [0.15, 0.2) is 0 Å². The molecule has 0 unspecified atom stereocenters. The summed E-state index contributed by atoms with van der Waals surface area (Å²) in [4.78, 5) is 15.9. The van der Waals surface area contributed by atoms with Crippen LogP contribution in [-0.4, -0.2) is 43.2 Å². The highest BCUT2D eigenvalue weighted by molar-refractivity contribution is 6.72. The SMILES string of the molecule is C[C@H]1[C@H]([Si](C)(C)F)[C@@H](CCO)O[C@H]1CCc1cccc(NC(=O)Cc2c[nH]c3ccccc23)c1. The van der Waals surface area contributed by atoms with E-state index in [1.165, 1.54) is 0 Å². The van der Waals surface area contributed by atoms with E-state index in [2.05, 4.69) is 17.2 Å². The van der Waals surface area contributed by atoms with Gasteiger partial charge in [0.05, 0.1) is 18.6 Å². The average Bonchev–Trinajstić information content (AvgIpc) is 3.33. The van der Waals surface area contributed by atoms with Gasteiger partial charge in [0.1, 0.15) is 0 Å². The molecule has 182 valence electrons. The second-order valence-electron chi connectivity index (χ2n) is 10.00. The Balaban J connectivity index is 1.36. The summed E-state index contributed by atoms with van der Waals surface area (Å²) in [5, 5.41) is 13.5. The van der Waals surface area contributed by atoms with Gasteiger partial charge in [-0.2, -0.15) is 0 Å². The molecular weight excluding hydrogens is 447 g/mol. The van der Waals surface area contributed by atoms with Crippen molar-refractivity contribution < 1.29 is 18.7 Å². The first kappa shape index (κ1) is 24.6. The smallest absolute Gasteiger partial charge is 0.246 e. The molecule has 1 amide bonds. The first-order chi connectivity index (χ1) is 16.3. The Morgan fingerprint density at radius 3 is 2.71 bits per heavy atom. The van der Waals surface area contributed by atoms with Crippen molar-refractivity contribution in [3.8, 4) is 0 Å². The number of aromatic amines is 1. The quantitative estimate of drug-likeness (QED) is 0.274. The Morgan fingerprint density at radius 1 is 1.15 bits per heavy atom. The molecule has 5 nitrogen and oxygen atoms in total. The number of amides is 1. The van der Waals surface area contributed by atoms with Crippen LogP contribution < -0.4 is 5.32 Å². The van der Waals surface area contributed by atoms with E-state index in [1.807, 2.05) is 54.7 Å². The van der Waals surface area contributed by atoms with Crippen molar-refractivity contribution in [1.29, 1.82) is 0 Å². The second-order valence-corrected chi connectivity index (χ2v) is 13.8. The summed E-state index contributed by atoms with van der Waals surface area (Å²) < 4.78 is 21.2. The van der Waals surface area contributed by atoms with Gasteiger partial charge in [-0.15, -0.1) is 0 Å². The number of carbonyl (C=O) groups excluding carboxylic acids is 1. The number of aryl methyl sites for hydroxylation is 1. The van der Waals surface area contributed by atoms with Crippen LogP contribution in [0.5, 0.6) is 0 Å². The van der Waals surface area contributed by atoms with Crippen molar-refractivity contribution >= 4 is 30.9 Å². The highest BCUT2D eigenvalue weighted by Crippen LogP contribution is 2.46. The zero-order valence-corrected chi connectivity index (χ0v) is 21.2. The van der Waals surface area contributed by atoms with E-state index in [0.717, 1.165) is 40.6 Å². The van der Waals surface area contributed by atoms with Gasteiger partial charge in [0, 0.05) is 34.9 Å². The van der Waals surface area contributed by atoms with Crippen molar-refractivity contribution in [2.45, 2.75) is 63.5 Å². The third kappa shape index (κ3) is 5.59. The lowest BCUT2D eigenvalue weighted by Crippen LogP contribution is -2.36. The van der Waals surface area contributed by atoms with E-state index >= 15 is 0 Å². The average molecular weight is 483 g/mol. The molecule has 4 rings (SSSR count). The fraction of sp³-hybridized carbons (Fsp3) is 0.444. The molecule has 3 N–H and O–H groups in total. The summed E-state index contributed by atoms with van der Waals surface area (Å²) in [6, 6.07) is 15.9. The lowest BCUT2D eigenvalue weighted by molar-refractivity contribution is -0.115. The summed E-state index contributed by atoms with van der Waals surface area (Å²) >= 11 is 0. The third-order valence-corrected chi connectivity index (χ3v) is 9.55. The number of nitrogens with one attached hydrogen (secondary N) is 2. The van der Waals surface area contributed by atoms with Crippen LogP contribution in [0.15, 0.2) is 54.7 Å². The first-order valence-corrected chi connectivity index (χ1v) is 15.1. The van der Waals surface area contributed by atoms with Crippen LogP contribution in [0.25, 0.3) is 10.9 Å². The third-order valence-electron chi connectivity index (χ3n) is 7.06. The standard InChI is InChI=1S/C27H35FN2O3Si/c1-18-24(33-25(13-14-31)27(18)34(2,3)28)12-11-19-7-6-8-21(15-19)30-26(32)16-20-17-29-23-10-5-4-9-22(20)23/h4-10,15,17-18,24-25,27,29,31H,11-14,16H2,1-3H3,(H,30,32)/t18-,24+,25-,27+/m1/s1. The minimum absolute atomic E-state index is 0.0192. The highest BCUT2D eigenvalue weighted by atomic mass is 28.4. The Bertz CT molecular complexity index is 1130. The van der Waals surface area contributed by atoms with Gasteiger partial charge in [-0.1, -0.05) is 37.3 Å². The van der Waals surface area contributed by atoms with Gasteiger partial charge >= 0.3 is 0 Å². The molecule has 7 heteroatoms. The molecule has 2 heterocycles. The van der Waals surface area contributed by atoms with Gasteiger partial charge in [-0.05, 0) is 67.6 Å². The highest BCUT2D eigenvalue weighted by Gasteiger charge is 2.50. The monoisotopic (exact) mass is 482 g/mol. The molecule has 1 saturated heterocycles. The van der Waals surface area contributed by atoms with Gasteiger partial charge in [-0.25, -0.2) is 0 Å². The van der Waals surface area contributed by atoms with Gasteiger partial charge < -0.3 is 24.3 Å². The van der Waals surface area contributed by atoms with Crippen LogP contribution in [0.3, 0.4) is 0 Å². The maximum absolute atomic E-state index is 15.0. The molecule has 34 heavy (non-hydrogen) atoms. The molecule has 1 fully saturated rings. The number of aliphatic hydroxyl groups excluding tert-OH is 1. The van der Waals surface area contributed by atoms with Crippen molar-refractivity contribution in [2.24, 2.45) is 5.92 Å². The number of aromatic nitrogens is 1. The number of benzene rings is 2.